The summed E-state index contributed by atoms with van der Waals surface area (Å²) in [5.41, 5.74) is 0.512. The SMILES string of the molecule is COc1cc(/C=C2/C(=O)Nc3cc(C(F)(F)F)ccc32)ccc1OCC(=O)N1CCCC1. The Morgan fingerprint density at radius 3 is 2.56 bits per heavy atom. The highest BCUT2D eigenvalue weighted by Crippen LogP contribution is 2.39. The topological polar surface area (TPSA) is 67.9 Å². The number of methoxy groups -OCH3 is 1. The highest BCUT2D eigenvalue weighted by molar-refractivity contribution is 6.34. The molecule has 6 nitrogen and oxygen atoms in total. The number of benzene rings is 2. The number of alkyl halides is 3. The molecule has 0 aromatic heterocycles. The number of fused-ring (bicyclic) bond motifs is 1. The van der Waals surface area contributed by atoms with Gasteiger partial charge in [0.05, 0.1) is 12.7 Å². The number of anilines is 1. The average molecular weight is 446 g/mol. The van der Waals surface area contributed by atoms with Crippen LogP contribution >= 0.6 is 0 Å². The van der Waals surface area contributed by atoms with E-state index in [0.29, 0.717) is 22.6 Å². The fourth-order valence-corrected chi connectivity index (χ4v) is 3.77. The number of hydrogen-bond acceptors (Lipinski definition) is 4. The number of likely N-dealkylation sites (tertiary alicyclic amines) is 1. The molecule has 32 heavy (non-hydrogen) atoms. The molecule has 4 rings (SSSR count). The maximum Gasteiger partial charge on any atom is 0.416 e. The summed E-state index contributed by atoms with van der Waals surface area (Å²) in [5, 5.41) is 2.47. The molecule has 2 aromatic rings. The first-order valence-electron chi connectivity index (χ1n) is 10.1. The van der Waals surface area contributed by atoms with Crippen LogP contribution in [0.2, 0.25) is 0 Å². The number of nitrogens with one attached hydrogen (secondary N) is 1. The fraction of sp³-hybridized carbons (Fsp3) is 0.304. The Morgan fingerprint density at radius 1 is 1.12 bits per heavy atom. The van der Waals surface area contributed by atoms with Crippen molar-refractivity contribution in [1.82, 2.24) is 4.90 Å². The number of ether oxygens (including phenoxy) is 2. The van der Waals surface area contributed by atoms with Gasteiger partial charge in [0.25, 0.3) is 11.8 Å². The van der Waals surface area contributed by atoms with Crippen LogP contribution in [0, 0.1) is 0 Å². The van der Waals surface area contributed by atoms with Gasteiger partial charge in [-0.1, -0.05) is 12.1 Å². The van der Waals surface area contributed by atoms with Crippen molar-refractivity contribution >= 4 is 29.2 Å². The van der Waals surface area contributed by atoms with Crippen LogP contribution in [0.4, 0.5) is 18.9 Å². The van der Waals surface area contributed by atoms with Crippen molar-refractivity contribution in [3.63, 3.8) is 0 Å². The van der Waals surface area contributed by atoms with Crippen LogP contribution < -0.4 is 14.8 Å². The molecule has 0 saturated carbocycles. The molecule has 1 fully saturated rings. The van der Waals surface area contributed by atoms with Crippen LogP contribution in [-0.4, -0.2) is 43.5 Å². The Morgan fingerprint density at radius 2 is 1.88 bits per heavy atom. The van der Waals surface area contributed by atoms with Gasteiger partial charge in [-0.15, -0.1) is 0 Å². The van der Waals surface area contributed by atoms with Crippen LogP contribution in [0.15, 0.2) is 36.4 Å². The lowest BCUT2D eigenvalue weighted by molar-refractivity contribution is -0.137. The summed E-state index contributed by atoms with van der Waals surface area (Å²) >= 11 is 0. The molecule has 0 spiro atoms. The standard InChI is InChI=1S/C23H21F3N2O4/c1-31-20-11-14(4-7-19(20)32-13-21(29)28-8-2-3-9-28)10-17-16-6-5-15(23(24,25)26)12-18(16)27-22(17)30/h4-7,10-12H,2-3,8-9,13H2,1H3,(H,27,30)/b17-10+. The van der Waals surface area contributed by atoms with Gasteiger partial charge in [0, 0.05) is 29.9 Å². The van der Waals surface area contributed by atoms with E-state index < -0.39 is 17.6 Å². The highest BCUT2D eigenvalue weighted by Gasteiger charge is 2.33. The first kappa shape index (κ1) is 21.7. The van der Waals surface area contributed by atoms with E-state index in [1.807, 2.05) is 0 Å². The fourth-order valence-electron chi connectivity index (χ4n) is 3.77. The summed E-state index contributed by atoms with van der Waals surface area (Å²) in [6.45, 7) is 1.37. The van der Waals surface area contributed by atoms with E-state index >= 15 is 0 Å². The first-order chi connectivity index (χ1) is 15.3. The van der Waals surface area contributed by atoms with E-state index in [1.165, 1.54) is 13.2 Å². The van der Waals surface area contributed by atoms with Gasteiger partial charge >= 0.3 is 6.18 Å². The van der Waals surface area contributed by atoms with Crippen molar-refractivity contribution in [2.45, 2.75) is 19.0 Å². The molecule has 1 saturated heterocycles. The highest BCUT2D eigenvalue weighted by atomic mass is 19.4. The van der Waals surface area contributed by atoms with Crippen LogP contribution in [0.25, 0.3) is 11.6 Å². The number of carbonyl (C=O) groups excluding carboxylic acids is 2. The lowest BCUT2D eigenvalue weighted by Crippen LogP contribution is -2.32. The molecule has 0 bridgehead atoms. The van der Waals surface area contributed by atoms with E-state index in [2.05, 4.69) is 5.32 Å². The Hall–Kier alpha value is -3.49. The molecular weight excluding hydrogens is 425 g/mol. The molecule has 168 valence electrons. The molecule has 2 aliphatic heterocycles. The minimum absolute atomic E-state index is 0.0896. The Balaban J connectivity index is 1.54. The Labute approximate surface area is 182 Å². The summed E-state index contributed by atoms with van der Waals surface area (Å²) in [6, 6.07) is 8.09. The van der Waals surface area contributed by atoms with Gasteiger partial charge in [0.2, 0.25) is 0 Å². The third-order valence-corrected chi connectivity index (χ3v) is 5.44. The maximum atomic E-state index is 12.9. The van der Waals surface area contributed by atoms with Gasteiger partial charge in [-0.05, 0) is 48.7 Å². The average Bonchev–Trinajstić information content (AvgIpc) is 3.40. The predicted molar refractivity (Wildman–Crippen MR) is 112 cm³/mol. The van der Waals surface area contributed by atoms with Crippen LogP contribution in [-0.2, 0) is 15.8 Å². The van der Waals surface area contributed by atoms with Crippen molar-refractivity contribution in [3.05, 3.63) is 53.1 Å². The van der Waals surface area contributed by atoms with Gasteiger partial charge in [0.15, 0.2) is 18.1 Å². The summed E-state index contributed by atoms with van der Waals surface area (Å²) in [7, 11) is 1.46. The second-order valence-corrected chi connectivity index (χ2v) is 7.56. The van der Waals surface area contributed by atoms with E-state index in [4.69, 9.17) is 9.47 Å². The third kappa shape index (κ3) is 4.42. The lowest BCUT2D eigenvalue weighted by Gasteiger charge is -2.16. The first-order valence-corrected chi connectivity index (χ1v) is 10.1. The van der Waals surface area contributed by atoms with Crippen LogP contribution in [0.3, 0.4) is 0 Å². The molecule has 0 aliphatic carbocycles. The quantitative estimate of drug-likeness (QED) is 0.699. The summed E-state index contributed by atoms with van der Waals surface area (Å²) in [5.74, 6) is 0.177. The van der Waals surface area contributed by atoms with Crippen molar-refractivity contribution in [3.8, 4) is 11.5 Å². The number of carbonyl (C=O) groups is 2. The normalized spacial score (nSPS) is 16.8. The second kappa shape index (κ2) is 8.57. The van der Waals surface area contributed by atoms with E-state index in [9.17, 15) is 22.8 Å². The Kier molecular flexibility index (Phi) is 5.82. The summed E-state index contributed by atoms with van der Waals surface area (Å²) < 4.78 is 49.8. The molecule has 9 heteroatoms. The van der Waals surface area contributed by atoms with Crippen molar-refractivity contribution in [1.29, 1.82) is 0 Å². The van der Waals surface area contributed by atoms with Gasteiger partial charge in [0.1, 0.15) is 0 Å². The monoisotopic (exact) mass is 446 g/mol. The number of amides is 2. The van der Waals surface area contributed by atoms with Gasteiger partial charge in [-0.3, -0.25) is 9.59 Å². The number of nitrogens with zero attached hydrogens (tertiary/aromatic N) is 1. The molecule has 2 aromatic carbocycles. The number of rotatable bonds is 5. The minimum atomic E-state index is -4.49. The molecule has 0 radical (unpaired) electrons. The zero-order valence-corrected chi connectivity index (χ0v) is 17.3. The zero-order valence-electron chi connectivity index (χ0n) is 17.3. The van der Waals surface area contributed by atoms with Crippen molar-refractivity contribution in [2.24, 2.45) is 0 Å². The molecule has 1 N–H and O–H groups in total. The van der Waals surface area contributed by atoms with Crippen LogP contribution in [0.5, 0.6) is 11.5 Å². The van der Waals surface area contributed by atoms with E-state index in [0.717, 1.165) is 38.1 Å². The number of halogens is 3. The smallest absolute Gasteiger partial charge is 0.416 e. The number of hydrogen-bond donors (Lipinski definition) is 1. The van der Waals surface area contributed by atoms with Crippen molar-refractivity contribution < 1.29 is 32.2 Å². The van der Waals surface area contributed by atoms with E-state index in [1.54, 1.807) is 29.2 Å². The molecular formula is C23H21F3N2O4. The summed E-state index contributed by atoms with van der Waals surface area (Å²) in [6.07, 6.45) is -0.943. The van der Waals surface area contributed by atoms with Gasteiger partial charge < -0.3 is 19.7 Å². The molecule has 0 atom stereocenters. The molecule has 0 unspecified atom stereocenters. The molecule has 2 heterocycles. The predicted octanol–water partition coefficient (Wildman–Crippen LogP) is 4.21. The second-order valence-electron chi connectivity index (χ2n) is 7.56. The van der Waals surface area contributed by atoms with Gasteiger partial charge in [-0.2, -0.15) is 13.2 Å². The minimum Gasteiger partial charge on any atom is -0.493 e. The summed E-state index contributed by atoms with van der Waals surface area (Å²) in [4.78, 5) is 26.3. The Bertz CT molecular complexity index is 1090. The lowest BCUT2D eigenvalue weighted by atomic mass is 10.0. The molecule has 2 aliphatic rings. The third-order valence-electron chi connectivity index (χ3n) is 5.44. The molecule has 2 amide bonds. The van der Waals surface area contributed by atoms with Gasteiger partial charge in [-0.25, -0.2) is 0 Å². The van der Waals surface area contributed by atoms with Crippen molar-refractivity contribution in [2.75, 3.05) is 32.1 Å². The maximum absolute atomic E-state index is 12.9. The van der Waals surface area contributed by atoms with E-state index in [-0.39, 0.29) is 23.8 Å². The zero-order chi connectivity index (χ0) is 22.9. The largest absolute Gasteiger partial charge is 0.493 e. The van der Waals surface area contributed by atoms with Crippen LogP contribution in [0.1, 0.15) is 29.5 Å².